The Morgan fingerprint density at radius 2 is 1.70 bits per heavy atom. The molecule has 1 aliphatic heterocycles. The van der Waals surface area contributed by atoms with E-state index in [0.29, 0.717) is 17.8 Å². The van der Waals surface area contributed by atoms with Gasteiger partial charge in [-0.3, -0.25) is 9.69 Å². The molecule has 160 valence electrons. The Balaban J connectivity index is 1.30. The number of halogens is 1. The van der Waals surface area contributed by atoms with Crippen molar-refractivity contribution in [3.8, 4) is 0 Å². The first kappa shape index (κ1) is 22.1. The average molecular weight is 430 g/mol. The van der Waals surface area contributed by atoms with Gasteiger partial charge in [0.15, 0.2) is 0 Å². The minimum atomic E-state index is -0.521. The number of nitrogens with zero attached hydrogens (tertiary/aromatic N) is 2. The fourth-order valence-electron chi connectivity index (χ4n) is 3.45. The lowest BCUT2D eigenvalue weighted by Crippen LogP contribution is -2.46. The predicted molar refractivity (Wildman–Crippen MR) is 120 cm³/mol. The number of rotatable bonds is 8. The zero-order chi connectivity index (χ0) is 21.3. The van der Waals surface area contributed by atoms with Crippen LogP contribution in [0.25, 0.3) is 0 Å². The Morgan fingerprint density at radius 1 is 1.00 bits per heavy atom. The highest BCUT2D eigenvalue weighted by Gasteiger charge is 2.16. The molecule has 0 aliphatic carbocycles. The largest absolute Gasteiger partial charge is 0.366 e. The van der Waals surface area contributed by atoms with E-state index in [1.807, 2.05) is 12.1 Å². The van der Waals surface area contributed by atoms with Crippen molar-refractivity contribution in [3.63, 3.8) is 0 Å². The van der Waals surface area contributed by atoms with Crippen LogP contribution >= 0.6 is 11.6 Å². The lowest BCUT2D eigenvalue weighted by molar-refractivity contribution is 0.1000. The summed E-state index contributed by atoms with van der Waals surface area (Å²) in [6.07, 6.45) is 0.881. The molecule has 0 saturated carbocycles. The number of carbonyl (C=O) groups excluding carboxylic acids is 2. The van der Waals surface area contributed by atoms with E-state index in [0.717, 1.165) is 50.7 Å². The van der Waals surface area contributed by atoms with Gasteiger partial charge in [-0.2, -0.15) is 0 Å². The van der Waals surface area contributed by atoms with Gasteiger partial charge in [-0.25, -0.2) is 4.79 Å². The molecule has 0 bridgehead atoms. The maximum atomic E-state index is 12.0. The van der Waals surface area contributed by atoms with Crippen molar-refractivity contribution in [3.05, 3.63) is 64.7 Å². The number of amides is 3. The molecule has 7 nitrogen and oxygen atoms in total. The number of primary amides is 1. The van der Waals surface area contributed by atoms with Gasteiger partial charge in [0.1, 0.15) is 0 Å². The van der Waals surface area contributed by atoms with Gasteiger partial charge >= 0.3 is 6.03 Å². The number of hydrogen-bond donors (Lipinski definition) is 3. The number of anilines is 1. The van der Waals surface area contributed by atoms with Gasteiger partial charge in [0, 0.05) is 55.5 Å². The highest BCUT2D eigenvalue weighted by molar-refractivity contribution is 6.30. The summed E-state index contributed by atoms with van der Waals surface area (Å²) < 4.78 is 0. The number of carbonyl (C=O) groups is 2. The molecule has 1 fully saturated rings. The third-order valence-electron chi connectivity index (χ3n) is 5.13. The first-order valence-corrected chi connectivity index (χ1v) is 10.5. The van der Waals surface area contributed by atoms with Crippen molar-refractivity contribution >= 4 is 29.2 Å². The van der Waals surface area contributed by atoms with Gasteiger partial charge in [-0.05, 0) is 48.9 Å². The molecule has 0 atom stereocenters. The fourth-order valence-corrected chi connectivity index (χ4v) is 3.58. The van der Waals surface area contributed by atoms with Gasteiger partial charge in [-0.15, -0.1) is 0 Å². The molecule has 2 aromatic carbocycles. The van der Waals surface area contributed by atoms with Crippen LogP contribution in [-0.2, 0) is 6.54 Å². The highest BCUT2D eigenvalue weighted by atomic mass is 35.5. The molecule has 0 unspecified atom stereocenters. The summed E-state index contributed by atoms with van der Waals surface area (Å²) >= 11 is 5.94. The molecule has 1 aliphatic rings. The number of nitrogens with two attached hydrogens (primary N) is 1. The van der Waals surface area contributed by atoms with Gasteiger partial charge in [0.2, 0.25) is 5.91 Å². The summed E-state index contributed by atoms with van der Waals surface area (Å²) in [6, 6.07) is 14.3. The van der Waals surface area contributed by atoms with Crippen molar-refractivity contribution in [1.29, 1.82) is 0 Å². The zero-order valence-electron chi connectivity index (χ0n) is 16.9. The van der Waals surface area contributed by atoms with E-state index in [2.05, 4.69) is 32.6 Å². The quantitative estimate of drug-likeness (QED) is 0.563. The summed E-state index contributed by atoms with van der Waals surface area (Å²) in [7, 11) is 0. The predicted octanol–water partition coefficient (Wildman–Crippen LogP) is 2.77. The van der Waals surface area contributed by atoms with E-state index >= 15 is 0 Å². The molecule has 1 saturated heterocycles. The van der Waals surface area contributed by atoms with Crippen LogP contribution < -0.4 is 16.4 Å². The number of urea groups is 1. The van der Waals surface area contributed by atoms with Crippen molar-refractivity contribution in [2.75, 3.05) is 44.6 Å². The fraction of sp³-hybridized carbons (Fsp3) is 0.364. The Hall–Kier alpha value is -2.61. The minimum absolute atomic E-state index is 0.288. The molecule has 1 heterocycles. The summed E-state index contributed by atoms with van der Waals surface area (Å²) in [5, 5.41) is 6.34. The standard InChI is InChI=1S/C22H28ClN5O2/c23-19-7-5-17(6-8-19)16-28-13-11-27(12-14-28)10-2-9-25-22(30)26-20-4-1-3-18(15-20)21(24)29/h1,3-8,15H,2,9-14,16H2,(H2,24,29)(H2,25,26,30). The smallest absolute Gasteiger partial charge is 0.319 e. The number of benzene rings is 2. The van der Waals surface area contributed by atoms with E-state index in [9.17, 15) is 9.59 Å². The molecule has 2 aromatic rings. The van der Waals surface area contributed by atoms with Crippen LogP contribution in [0, 0.1) is 0 Å². The van der Waals surface area contributed by atoms with Gasteiger partial charge in [-0.1, -0.05) is 29.8 Å². The molecule has 0 spiro atoms. The molecule has 0 radical (unpaired) electrons. The molecule has 3 amide bonds. The molecule has 4 N–H and O–H groups in total. The molecule has 3 rings (SSSR count). The SMILES string of the molecule is NC(=O)c1cccc(NC(=O)NCCCN2CCN(Cc3ccc(Cl)cc3)CC2)c1. The number of piperazine rings is 1. The zero-order valence-corrected chi connectivity index (χ0v) is 17.7. The summed E-state index contributed by atoms with van der Waals surface area (Å²) in [5.74, 6) is -0.521. The second kappa shape index (κ2) is 11.0. The van der Waals surface area contributed by atoms with E-state index < -0.39 is 5.91 Å². The van der Waals surface area contributed by atoms with E-state index in [4.69, 9.17) is 17.3 Å². The van der Waals surface area contributed by atoms with Crippen LogP contribution in [0.3, 0.4) is 0 Å². The van der Waals surface area contributed by atoms with Crippen molar-refractivity contribution < 1.29 is 9.59 Å². The third kappa shape index (κ3) is 7.02. The van der Waals surface area contributed by atoms with E-state index in [1.165, 1.54) is 5.56 Å². The van der Waals surface area contributed by atoms with Gasteiger partial charge in [0.05, 0.1) is 0 Å². The maximum absolute atomic E-state index is 12.0. The van der Waals surface area contributed by atoms with Crippen LogP contribution in [0.2, 0.25) is 5.02 Å². The van der Waals surface area contributed by atoms with Crippen molar-refractivity contribution in [2.45, 2.75) is 13.0 Å². The summed E-state index contributed by atoms with van der Waals surface area (Å²) in [5.41, 5.74) is 7.44. The minimum Gasteiger partial charge on any atom is -0.366 e. The molecular formula is C22H28ClN5O2. The Morgan fingerprint density at radius 3 is 2.40 bits per heavy atom. The second-order valence-electron chi connectivity index (χ2n) is 7.42. The van der Waals surface area contributed by atoms with Crippen LogP contribution in [0.5, 0.6) is 0 Å². The molecule has 8 heteroatoms. The summed E-state index contributed by atoms with van der Waals surface area (Å²) in [4.78, 5) is 28.1. The van der Waals surface area contributed by atoms with Crippen molar-refractivity contribution in [2.24, 2.45) is 5.73 Å². The lowest BCUT2D eigenvalue weighted by Gasteiger charge is -2.34. The highest BCUT2D eigenvalue weighted by Crippen LogP contribution is 2.13. The van der Waals surface area contributed by atoms with Crippen LogP contribution in [0.4, 0.5) is 10.5 Å². The Labute approximate surface area is 182 Å². The van der Waals surface area contributed by atoms with E-state index in [-0.39, 0.29) is 6.03 Å². The molecule has 30 heavy (non-hydrogen) atoms. The average Bonchev–Trinajstić information content (AvgIpc) is 2.74. The number of hydrogen-bond acceptors (Lipinski definition) is 4. The summed E-state index contributed by atoms with van der Waals surface area (Å²) in [6.45, 7) is 6.61. The van der Waals surface area contributed by atoms with Gasteiger partial charge < -0.3 is 21.3 Å². The molecular weight excluding hydrogens is 402 g/mol. The lowest BCUT2D eigenvalue weighted by atomic mass is 10.2. The Bertz CT molecular complexity index is 851. The van der Waals surface area contributed by atoms with Crippen LogP contribution in [-0.4, -0.2) is 61.0 Å². The number of nitrogens with one attached hydrogen (secondary N) is 2. The van der Waals surface area contributed by atoms with Gasteiger partial charge in [0.25, 0.3) is 0 Å². The Kier molecular flexibility index (Phi) is 8.07. The maximum Gasteiger partial charge on any atom is 0.319 e. The van der Waals surface area contributed by atoms with Crippen LogP contribution in [0.15, 0.2) is 48.5 Å². The first-order chi connectivity index (χ1) is 14.5. The van der Waals surface area contributed by atoms with Crippen LogP contribution in [0.1, 0.15) is 22.3 Å². The first-order valence-electron chi connectivity index (χ1n) is 10.1. The second-order valence-corrected chi connectivity index (χ2v) is 7.86. The normalized spacial score (nSPS) is 15.0. The molecule has 0 aromatic heterocycles. The third-order valence-corrected chi connectivity index (χ3v) is 5.38. The monoisotopic (exact) mass is 429 g/mol. The van der Waals surface area contributed by atoms with E-state index in [1.54, 1.807) is 24.3 Å². The topological polar surface area (TPSA) is 90.7 Å². The van der Waals surface area contributed by atoms with Crippen molar-refractivity contribution in [1.82, 2.24) is 15.1 Å².